The smallest absolute Gasteiger partial charge is 0.282 e. The number of rotatable bonds is 6. The van der Waals surface area contributed by atoms with E-state index in [2.05, 4.69) is 20.3 Å². The van der Waals surface area contributed by atoms with Crippen LogP contribution in [0.4, 0.5) is 20.5 Å². The second kappa shape index (κ2) is 7.76. The van der Waals surface area contributed by atoms with E-state index in [1.807, 2.05) is 0 Å². The summed E-state index contributed by atoms with van der Waals surface area (Å²) in [7, 11) is 0. The first-order valence-corrected chi connectivity index (χ1v) is 9.53. The highest BCUT2D eigenvalue weighted by atomic mass is 19.3. The predicted octanol–water partition coefficient (Wildman–Crippen LogP) is 2.23. The molecule has 3 N–H and O–H groups in total. The molecule has 10 heteroatoms. The second-order valence-electron chi connectivity index (χ2n) is 7.41. The zero-order valence-electron chi connectivity index (χ0n) is 15.7. The first-order chi connectivity index (χ1) is 13.9. The summed E-state index contributed by atoms with van der Waals surface area (Å²) in [5, 5.41) is 3.28. The molecule has 0 bridgehead atoms. The fraction of sp³-hybridized carbons (Fsp3) is 0.474. The van der Waals surface area contributed by atoms with Crippen molar-refractivity contribution in [2.45, 2.75) is 43.8 Å². The van der Waals surface area contributed by atoms with E-state index in [1.54, 1.807) is 30.6 Å². The summed E-state index contributed by atoms with van der Waals surface area (Å²) in [6.45, 7) is -0.626. The van der Waals surface area contributed by atoms with Crippen LogP contribution in [-0.4, -0.2) is 52.0 Å². The van der Waals surface area contributed by atoms with E-state index in [0.29, 0.717) is 11.8 Å². The van der Waals surface area contributed by atoms with Crippen LogP contribution in [0.2, 0.25) is 0 Å². The minimum atomic E-state index is -2.64. The standard InChI is InChI=1S/C19H22F2N6O2/c20-19(21)10-27(11-19)15-7-9-24-18(26-15)25-12-3-5-13(6-4-12)29-17-14(16(22)28)2-1-8-23-17/h1-2,7-9,12-13H,3-6,10-11H2,(H2,22,28)(H,24,25,26). The molecular formula is C19H22F2N6O2. The third kappa shape index (κ3) is 4.52. The fourth-order valence-electron chi connectivity index (χ4n) is 3.61. The number of carbonyl (C=O) groups is 1. The van der Waals surface area contributed by atoms with E-state index in [4.69, 9.17) is 10.5 Å². The summed E-state index contributed by atoms with van der Waals surface area (Å²) in [5.74, 6) is -2.01. The number of nitrogens with two attached hydrogens (primary N) is 1. The SMILES string of the molecule is NC(=O)c1cccnc1OC1CCC(Nc2nccc(N3CC(F)(F)C3)n2)CC1. The number of alkyl halides is 2. The van der Waals surface area contributed by atoms with Crippen molar-refractivity contribution in [1.29, 1.82) is 0 Å². The van der Waals surface area contributed by atoms with Gasteiger partial charge in [0.1, 0.15) is 17.5 Å². The molecule has 1 aliphatic carbocycles. The first kappa shape index (κ1) is 19.3. The van der Waals surface area contributed by atoms with Crippen LogP contribution in [0.25, 0.3) is 0 Å². The Bertz CT molecular complexity index is 881. The summed E-state index contributed by atoms with van der Waals surface area (Å²) in [6, 6.07) is 5.02. The molecule has 2 aromatic rings. The van der Waals surface area contributed by atoms with Gasteiger partial charge in [-0.2, -0.15) is 4.98 Å². The first-order valence-electron chi connectivity index (χ1n) is 9.53. The van der Waals surface area contributed by atoms with Crippen LogP contribution in [0.3, 0.4) is 0 Å². The van der Waals surface area contributed by atoms with Crippen LogP contribution in [0.1, 0.15) is 36.0 Å². The molecule has 0 aromatic carbocycles. The fourth-order valence-corrected chi connectivity index (χ4v) is 3.61. The number of carbonyl (C=O) groups excluding carboxylic acids is 1. The van der Waals surface area contributed by atoms with Crippen LogP contribution < -0.4 is 20.7 Å². The largest absolute Gasteiger partial charge is 0.474 e. The molecule has 3 heterocycles. The van der Waals surface area contributed by atoms with Crippen molar-refractivity contribution >= 4 is 17.7 Å². The maximum absolute atomic E-state index is 13.1. The van der Waals surface area contributed by atoms with Gasteiger partial charge < -0.3 is 20.7 Å². The molecule has 154 valence electrons. The van der Waals surface area contributed by atoms with Gasteiger partial charge in [-0.3, -0.25) is 4.79 Å². The average molecular weight is 404 g/mol. The van der Waals surface area contributed by atoms with E-state index < -0.39 is 11.8 Å². The maximum atomic E-state index is 13.1. The lowest BCUT2D eigenvalue weighted by atomic mass is 9.93. The highest BCUT2D eigenvalue weighted by Gasteiger charge is 2.44. The van der Waals surface area contributed by atoms with Gasteiger partial charge in [-0.05, 0) is 43.9 Å². The van der Waals surface area contributed by atoms with E-state index in [0.717, 1.165) is 25.7 Å². The van der Waals surface area contributed by atoms with Gasteiger partial charge in [0, 0.05) is 18.4 Å². The van der Waals surface area contributed by atoms with E-state index in [9.17, 15) is 13.6 Å². The number of amides is 1. The zero-order valence-corrected chi connectivity index (χ0v) is 15.7. The van der Waals surface area contributed by atoms with Crippen molar-refractivity contribution in [3.05, 3.63) is 36.2 Å². The van der Waals surface area contributed by atoms with Gasteiger partial charge in [0.15, 0.2) is 0 Å². The number of nitrogens with zero attached hydrogens (tertiary/aromatic N) is 4. The molecule has 4 rings (SSSR count). The molecular weight excluding hydrogens is 382 g/mol. The molecule has 0 atom stereocenters. The molecule has 0 radical (unpaired) electrons. The zero-order chi connectivity index (χ0) is 20.4. The molecule has 2 fully saturated rings. The van der Waals surface area contributed by atoms with E-state index in [1.165, 1.54) is 4.90 Å². The minimum absolute atomic E-state index is 0.0587. The molecule has 2 aromatic heterocycles. The predicted molar refractivity (Wildman–Crippen MR) is 102 cm³/mol. The highest BCUT2D eigenvalue weighted by molar-refractivity contribution is 5.94. The second-order valence-corrected chi connectivity index (χ2v) is 7.41. The lowest BCUT2D eigenvalue weighted by molar-refractivity contribution is -0.0267. The van der Waals surface area contributed by atoms with Crippen LogP contribution in [-0.2, 0) is 0 Å². The van der Waals surface area contributed by atoms with E-state index >= 15 is 0 Å². The minimum Gasteiger partial charge on any atom is -0.474 e. The van der Waals surface area contributed by atoms with Crippen molar-refractivity contribution < 1.29 is 18.3 Å². The van der Waals surface area contributed by atoms with Crippen LogP contribution in [0.15, 0.2) is 30.6 Å². The molecule has 1 saturated heterocycles. The normalized spacial score (nSPS) is 23.2. The Kier molecular flexibility index (Phi) is 5.16. The van der Waals surface area contributed by atoms with Gasteiger partial charge in [0.05, 0.1) is 13.1 Å². The van der Waals surface area contributed by atoms with Crippen molar-refractivity contribution in [2.75, 3.05) is 23.3 Å². The molecule has 29 heavy (non-hydrogen) atoms. The van der Waals surface area contributed by atoms with Gasteiger partial charge in [-0.15, -0.1) is 0 Å². The number of anilines is 2. The van der Waals surface area contributed by atoms with E-state index in [-0.39, 0.29) is 36.7 Å². The Labute approximate surface area is 166 Å². The van der Waals surface area contributed by atoms with Crippen molar-refractivity contribution in [3.8, 4) is 5.88 Å². The quantitative estimate of drug-likeness (QED) is 0.760. The van der Waals surface area contributed by atoms with Crippen LogP contribution in [0.5, 0.6) is 5.88 Å². The number of primary amides is 1. The third-order valence-electron chi connectivity index (χ3n) is 5.13. The third-order valence-corrected chi connectivity index (χ3v) is 5.13. The Morgan fingerprint density at radius 3 is 2.62 bits per heavy atom. The highest BCUT2D eigenvalue weighted by Crippen LogP contribution is 2.31. The van der Waals surface area contributed by atoms with Crippen molar-refractivity contribution in [3.63, 3.8) is 0 Å². The Morgan fingerprint density at radius 1 is 1.17 bits per heavy atom. The molecule has 0 spiro atoms. The Hall–Kier alpha value is -3.04. The Balaban J connectivity index is 1.30. The number of halogens is 2. The molecule has 8 nitrogen and oxygen atoms in total. The number of nitrogens with one attached hydrogen (secondary N) is 1. The molecule has 1 aliphatic heterocycles. The number of hydrogen-bond donors (Lipinski definition) is 2. The molecule has 2 aliphatic rings. The van der Waals surface area contributed by atoms with Gasteiger partial charge in [-0.25, -0.2) is 18.7 Å². The number of aromatic nitrogens is 3. The van der Waals surface area contributed by atoms with Crippen LogP contribution in [0, 0.1) is 0 Å². The monoisotopic (exact) mass is 404 g/mol. The lowest BCUT2D eigenvalue weighted by Gasteiger charge is -2.39. The summed E-state index contributed by atoms with van der Waals surface area (Å²) in [5.41, 5.74) is 5.64. The molecule has 1 saturated carbocycles. The topological polar surface area (TPSA) is 106 Å². The summed E-state index contributed by atoms with van der Waals surface area (Å²) in [6.07, 6.45) is 6.25. The molecule has 0 unspecified atom stereocenters. The number of pyridine rings is 1. The summed E-state index contributed by atoms with van der Waals surface area (Å²) < 4.78 is 32.0. The van der Waals surface area contributed by atoms with Crippen molar-refractivity contribution in [1.82, 2.24) is 15.0 Å². The number of ether oxygens (including phenoxy) is 1. The Morgan fingerprint density at radius 2 is 1.93 bits per heavy atom. The number of hydrogen-bond acceptors (Lipinski definition) is 7. The lowest BCUT2D eigenvalue weighted by Crippen LogP contribution is -2.56. The van der Waals surface area contributed by atoms with Gasteiger partial charge in [-0.1, -0.05) is 0 Å². The average Bonchev–Trinajstić information content (AvgIpc) is 2.68. The summed E-state index contributed by atoms with van der Waals surface area (Å²) >= 11 is 0. The van der Waals surface area contributed by atoms with Gasteiger partial charge in [0.2, 0.25) is 11.8 Å². The van der Waals surface area contributed by atoms with Crippen LogP contribution >= 0.6 is 0 Å². The summed E-state index contributed by atoms with van der Waals surface area (Å²) in [4.78, 5) is 25.7. The van der Waals surface area contributed by atoms with Gasteiger partial charge >= 0.3 is 0 Å². The molecule has 1 amide bonds. The maximum Gasteiger partial charge on any atom is 0.282 e. The van der Waals surface area contributed by atoms with Crippen molar-refractivity contribution in [2.24, 2.45) is 5.73 Å². The van der Waals surface area contributed by atoms with Gasteiger partial charge in [0.25, 0.3) is 11.8 Å².